The average molecular weight is 517 g/mol. The van der Waals surface area contributed by atoms with Crippen molar-refractivity contribution in [1.29, 1.82) is 0 Å². The normalized spacial score (nSPS) is 27.6. The number of fused-ring (bicyclic) bond motifs is 2. The Labute approximate surface area is 198 Å². The molecule has 2 aromatic rings. The lowest BCUT2D eigenvalue weighted by Crippen LogP contribution is -2.69. The molecule has 3 aliphatic carbocycles. The third-order valence-electron chi connectivity index (χ3n) is 7.08. The molecule has 0 aromatic heterocycles. The van der Waals surface area contributed by atoms with Crippen LogP contribution < -0.4 is 5.32 Å². The maximum atomic E-state index is 14.6. The van der Waals surface area contributed by atoms with Gasteiger partial charge in [0.25, 0.3) is 5.91 Å². The summed E-state index contributed by atoms with van der Waals surface area (Å²) in [7, 11) is -4.32. The van der Waals surface area contributed by atoms with Crippen LogP contribution >= 0.6 is 0 Å². The molecule has 3 saturated carbocycles. The van der Waals surface area contributed by atoms with Crippen LogP contribution in [0.3, 0.4) is 0 Å². The van der Waals surface area contributed by atoms with Gasteiger partial charge in [-0.1, -0.05) is 0 Å². The van der Waals surface area contributed by atoms with Gasteiger partial charge < -0.3 is 20.6 Å². The first kappa shape index (κ1) is 25.5. The van der Waals surface area contributed by atoms with Crippen LogP contribution in [0.1, 0.15) is 36.5 Å². The van der Waals surface area contributed by atoms with Crippen LogP contribution in [-0.4, -0.2) is 52.7 Å². The Balaban J connectivity index is 1.57. The fourth-order valence-electron chi connectivity index (χ4n) is 5.19. The zero-order valence-electron chi connectivity index (χ0n) is 18.4. The third kappa shape index (κ3) is 4.22. The summed E-state index contributed by atoms with van der Waals surface area (Å²) < 4.78 is 81.0. The fourth-order valence-corrected chi connectivity index (χ4v) is 7.15. The average Bonchev–Trinajstić information content (AvgIpc) is 2.81. The maximum Gasteiger partial charge on any atom is 0.255 e. The van der Waals surface area contributed by atoms with Crippen molar-refractivity contribution in [2.75, 3.05) is 5.32 Å². The summed E-state index contributed by atoms with van der Waals surface area (Å²) in [4.78, 5) is 11.8. The van der Waals surface area contributed by atoms with Crippen molar-refractivity contribution in [2.24, 2.45) is 11.8 Å². The molecule has 2 aromatic carbocycles. The number of rotatable bonds is 6. The third-order valence-corrected chi connectivity index (χ3v) is 9.27. The first-order valence-corrected chi connectivity index (χ1v) is 12.4. The van der Waals surface area contributed by atoms with E-state index < -0.39 is 84.5 Å². The first-order valence-electron chi connectivity index (χ1n) is 10.8. The molecule has 190 valence electrons. The molecule has 5 rings (SSSR count). The van der Waals surface area contributed by atoms with E-state index in [0.29, 0.717) is 18.6 Å². The predicted octanol–water partition coefficient (Wildman–Crippen LogP) is 2.54. The largest absolute Gasteiger partial charge is 0.391 e. The lowest BCUT2D eigenvalue weighted by molar-refractivity contribution is -0.249. The van der Waals surface area contributed by atoms with Crippen LogP contribution in [-0.2, 0) is 9.84 Å². The number of hydrogen-bond donors (Lipinski definition) is 4. The SMILES string of the molecule is C[C@H](O)C(O)[C@]1(O)C2CC1C[C@@H](S(=O)(=O)c1cc(C(=O)Nc3cc(F)c(F)c(F)c3)ccc1F)C2. The molecule has 0 saturated heterocycles. The number of sulfone groups is 1. The van der Waals surface area contributed by atoms with E-state index in [1.807, 2.05) is 0 Å². The monoisotopic (exact) mass is 517 g/mol. The van der Waals surface area contributed by atoms with E-state index in [1.165, 1.54) is 6.92 Å². The smallest absolute Gasteiger partial charge is 0.255 e. The highest BCUT2D eigenvalue weighted by molar-refractivity contribution is 7.92. The van der Waals surface area contributed by atoms with Gasteiger partial charge in [-0.05, 0) is 56.2 Å². The second-order valence-corrected chi connectivity index (χ2v) is 11.4. The summed E-state index contributed by atoms with van der Waals surface area (Å²) in [5.74, 6) is -8.17. The standard InChI is InChI=1S/C23H23F4NO6S/c1-10(29)21(30)23(32)12-5-13(23)7-15(6-12)35(33,34)19-4-11(2-3-16(19)24)22(31)28-14-8-17(25)20(27)18(26)9-14/h2-4,8-10,12-13,15,21,29-30,32H,5-7H2,1H3,(H,28,31)/t10-,12?,13?,15-,21?,23-/m0/s1. The van der Waals surface area contributed by atoms with Crippen molar-refractivity contribution >= 4 is 21.4 Å². The van der Waals surface area contributed by atoms with E-state index in [1.54, 1.807) is 0 Å². The Morgan fingerprint density at radius 3 is 2.11 bits per heavy atom. The quantitative estimate of drug-likeness (QED) is 0.345. The zero-order chi connectivity index (χ0) is 25.9. The van der Waals surface area contributed by atoms with Crippen LogP contribution in [0.4, 0.5) is 23.2 Å². The Hall–Kier alpha value is -2.54. The van der Waals surface area contributed by atoms with Crippen molar-refractivity contribution in [3.8, 4) is 0 Å². The van der Waals surface area contributed by atoms with Gasteiger partial charge in [-0.3, -0.25) is 4.79 Å². The van der Waals surface area contributed by atoms with Gasteiger partial charge in [0.05, 0.1) is 17.0 Å². The van der Waals surface area contributed by atoms with Crippen molar-refractivity contribution < 1.29 is 46.1 Å². The van der Waals surface area contributed by atoms with E-state index in [2.05, 4.69) is 5.32 Å². The number of benzene rings is 2. The molecule has 3 unspecified atom stereocenters. The van der Waals surface area contributed by atoms with Crippen molar-refractivity contribution in [3.05, 3.63) is 59.2 Å². The number of carbonyl (C=O) groups is 1. The molecule has 0 spiro atoms. The van der Waals surface area contributed by atoms with Crippen LogP contribution in [0.5, 0.6) is 0 Å². The summed E-state index contributed by atoms with van der Waals surface area (Å²) >= 11 is 0. The fraction of sp³-hybridized carbons (Fsp3) is 0.435. The zero-order valence-corrected chi connectivity index (χ0v) is 19.2. The minimum atomic E-state index is -4.32. The molecular formula is C23H23F4NO6S. The van der Waals surface area contributed by atoms with E-state index >= 15 is 0 Å². The molecule has 3 fully saturated rings. The highest BCUT2D eigenvalue weighted by Gasteiger charge is 2.63. The minimum absolute atomic E-state index is 0.0802. The van der Waals surface area contributed by atoms with Crippen molar-refractivity contribution in [2.45, 2.75) is 54.1 Å². The maximum absolute atomic E-state index is 14.6. The summed E-state index contributed by atoms with van der Waals surface area (Å²) in [5.41, 5.74) is -2.39. The van der Waals surface area contributed by atoms with Gasteiger partial charge in [0.15, 0.2) is 27.3 Å². The molecule has 4 atom stereocenters. The second-order valence-electron chi connectivity index (χ2n) is 9.19. The lowest BCUT2D eigenvalue weighted by atomic mass is 9.51. The Morgan fingerprint density at radius 1 is 1.00 bits per heavy atom. The van der Waals surface area contributed by atoms with Crippen LogP contribution in [0.25, 0.3) is 0 Å². The van der Waals surface area contributed by atoms with Gasteiger partial charge in [0.2, 0.25) is 0 Å². The van der Waals surface area contributed by atoms with Crippen LogP contribution in [0.2, 0.25) is 0 Å². The van der Waals surface area contributed by atoms with Gasteiger partial charge >= 0.3 is 0 Å². The van der Waals surface area contributed by atoms with Gasteiger partial charge in [0.1, 0.15) is 16.8 Å². The lowest BCUT2D eigenvalue weighted by Gasteiger charge is -2.60. The number of anilines is 1. The summed E-state index contributed by atoms with van der Waals surface area (Å²) in [6, 6.07) is 3.62. The summed E-state index contributed by atoms with van der Waals surface area (Å²) in [5, 5.41) is 31.7. The number of aliphatic hydroxyl groups is 3. The van der Waals surface area contributed by atoms with Crippen LogP contribution in [0, 0.1) is 35.1 Å². The van der Waals surface area contributed by atoms with Gasteiger partial charge in [-0.2, -0.15) is 0 Å². The number of halogens is 4. The number of amides is 1. The molecule has 0 aliphatic heterocycles. The molecule has 7 nitrogen and oxygen atoms in total. The Bertz CT molecular complexity index is 1250. The Morgan fingerprint density at radius 2 is 1.57 bits per heavy atom. The minimum Gasteiger partial charge on any atom is -0.391 e. The molecule has 1 amide bonds. The number of carbonyl (C=O) groups excluding carboxylic acids is 1. The molecule has 0 heterocycles. The van der Waals surface area contributed by atoms with E-state index in [9.17, 15) is 46.1 Å². The number of hydrogen-bond acceptors (Lipinski definition) is 6. The van der Waals surface area contributed by atoms with E-state index in [0.717, 1.165) is 18.2 Å². The Kier molecular flexibility index (Phi) is 6.45. The molecule has 3 aliphatic rings. The molecule has 12 heteroatoms. The van der Waals surface area contributed by atoms with Crippen molar-refractivity contribution in [1.82, 2.24) is 0 Å². The topological polar surface area (TPSA) is 124 Å². The molecular weight excluding hydrogens is 494 g/mol. The van der Waals surface area contributed by atoms with Crippen molar-refractivity contribution in [3.63, 3.8) is 0 Å². The molecule has 4 N–H and O–H groups in total. The highest BCUT2D eigenvalue weighted by Crippen LogP contribution is 2.57. The summed E-state index contributed by atoms with van der Waals surface area (Å²) in [6.45, 7) is 1.31. The summed E-state index contributed by atoms with van der Waals surface area (Å²) in [6.07, 6.45) is -2.40. The van der Waals surface area contributed by atoms with E-state index in [-0.39, 0.29) is 18.4 Å². The van der Waals surface area contributed by atoms with Gasteiger partial charge in [0, 0.05) is 23.4 Å². The van der Waals surface area contributed by atoms with Gasteiger partial charge in [-0.25, -0.2) is 26.0 Å². The molecule has 0 radical (unpaired) electrons. The van der Waals surface area contributed by atoms with E-state index in [4.69, 9.17) is 0 Å². The number of nitrogens with one attached hydrogen (secondary N) is 1. The molecule has 35 heavy (non-hydrogen) atoms. The highest BCUT2D eigenvalue weighted by atomic mass is 32.2. The number of aliphatic hydroxyl groups excluding tert-OH is 2. The second kappa shape index (κ2) is 8.84. The van der Waals surface area contributed by atoms with Gasteiger partial charge in [-0.15, -0.1) is 0 Å². The first-order chi connectivity index (χ1) is 16.3. The predicted molar refractivity (Wildman–Crippen MR) is 115 cm³/mol. The van der Waals surface area contributed by atoms with Crippen LogP contribution in [0.15, 0.2) is 35.2 Å². The molecule has 2 bridgehead atoms.